The molecule has 94 valence electrons. The van der Waals surface area contributed by atoms with Crippen molar-refractivity contribution < 1.29 is 9.47 Å². The third-order valence-electron chi connectivity index (χ3n) is 3.27. The molecule has 1 aliphatic rings. The van der Waals surface area contributed by atoms with Crippen LogP contribution < -0.4 is 10.5 Å². The fourth-order valence-electron chi connectivity index (χ4n) is 2.22. The van der Waals surface area contributed by atoms with E-state index in [9.17, 15) is 0 Å². The first-order valence-electron chi connectivity index (χ1n) is 6.35. The highest BCUT2D eigenvalue weighted by Gasteiger charge is 2.32. The summed E-state index contributed by atoms with van der Waals surface area (Å²) in [5.41, 5.74) is 7.33. The van der Waals surface area contributed by atoms with Crippen molar-refractivity contribution in [2.75, 3.05) is 19.8 Å². The van der Waals surface area contributed by atoms with Gasteiger partial charge in [-0.2, -0.15) is 0 Å². The molecule has 0 bridgehead atoms. The van der Waals surface area contributed by atoms with E-state index in [1.165, 1.54) is 0 Å². The predicted octanol–water partition coefficient (Wildman–Crippen LogP) is 2.44. The zero-order valence-corrected chi connectivity index (χ0v) is 10.4. The second kappa shape index (κ2) is 5.52. The van der Waals surface area contributed by atoms with Crippen LogP contribution in [0.25, 0.3) is 0 Å². The maximum absolute atomic E-state index is 6.49. The predicted molar refractivity (Wildman–Crippen MR) is 68.1 cm³/mol. The summed E-state index contributed by atoms with van der Waals surface area (Å²) in [5.74, 6) is 0.929. The van der Waals surface area contributed by atoms with E-state index in [2.05, 4.69) is 13.0 Å². The van der Waals surface area contributed by atoms with Crippen molar-refractivity contribution in [2.45, 2.75) is 31.7 Å². The first-order valence-corrected chi connectivity index (χ1v) is 6.35. The number of benzene rings is 1. The number of ether oxygens (including phenoxy) is 2. The molecular formula is C14H21NO2. The molecule has 0 unspecified atom stereocenters. The van der Waals surface area contributed by atoms with Gasteiger partial charge in [0.15, 0.2) is 0 Å². The van der Waals surface area contributed by atoms with Crippen molar-refractivity contribution in [1.82, 2.24) is 0 Å². The highest BCUT2D eigenvalue weighted by molar-refractivity contribution is 5.39. The number of hydrogen-bond donors (Lipinski definition) is 1. The largest absolute Gasteiger partial charge is 0.493 e. The van der Waals surface area contributed by atoms with Gasteiger partial charge in [0.05, 0.1) is 6.61 Å². The molecule has 3 nitrogen and oxygen atoms in total. The second-order valence-corrected chi connectivity index (χ2v) is 4.61. The number of nitrogens with two attached hydrogens (primary N) is 1. The summed E-state index contributed by atoms with van der Waals surface area (Å²) < 4.78 is 11.2. The minimum Gasteiger partial charge on any atom is -0.493 e. The Labute approximate surface area is 103 Å². The van der Waals surface area contributed by atoms with E-state index in [4.69, 9.17) is 15.2 Å². The molecule has 2 rings (SSSR count). The Morgan fingerprint density at radius 1 is 1.29 bits per heavy atom. The molecule has 2 N–H and O–H groups in total. The van der Waals surface area contributed by atoms with Crippen molar-refractivity contribution in [3.63, 3.8) is 0 Å². The molecule has 1 aromatic carbocycles. The smallest absolute Gasteiger partial charge is 0.124 e. The van der Waals surface area contributed by atoms with Crippen LogP contribution >= 0.6 is 0 Å². The molecule has 0 spiro atoms. The number of hydrogen-bond acceptors (Lipinski definition) is 3. The average Bonchev–Trinajstić information content (AvgIpc) is 2.37. The molecule has 0 aliphatic carbocycles. The van der Waals surface area contributed by atoms with E-state index in [1.807, 2.05) is 18.2 Å². The molecular weight excluding hydrogens is 214 g/mol. The van der Waals surface area contributed by atoms with Gasteiger partial charge in [-0.1, -0.05) is 25.1 Å². The van der Waals surface area contributed by atoms with E-state index in [0.29, 0.717) is 0 Å². The molecule has 0 atom stereocenters. The van der Waals surface area contributed by atoms with Crippen LogP contribution in [-0.4, -0.2) is 19.8 Å². The second-order valence-electron chi connectivity index (χ2n) is 4.61. The molecule has 3 heteroatoms. The molecule has 0 aromatic heterocycles. The Kier molecular flexibility index (Phi) is 4.02. The van der Waals surface area contributed by atoms with Gasteiger partial charge in [0.1, 0.15) is 5.75 Å². The molecule has 1 saturated heterocycles. The van der Waals surface area contributed by atoms with Gasteiger partial charge in [-0.15, -0.1) is 0 Å². The van der Waals surface area contributed by atoms with E-state index in [1.54, 1.807) is 0 Å². The quantitative estimate of drug-likeness (QED) is 0.871. The lowest BCUT2D eigenvalue weighted by Gasteiger charge is -2.34. The minimum absolute atomic E-state index is 0.289. The summed E-state index contributed by atoms with van der Waals surface area (Å²) in [5, 5.41) is 0. The summed E-state index contributed by atoms with van der Waals surface area (Å²) in [4.78, 5) is 0. The maximum atomic E-state index is 6.49. The van der Waals surface area contributed by atoms with E-state index >= 15 is 0 Å². The third-order valence-corrected chi connectivity index (χ3v) is 3.27. The maximum Gasteiger partial charge on any atom is 0.124 e. The molecule has 0 radical (unpaired) electrons. The van der Waals surface area contributed by atoms with Crippen molar-refractivity contribution in [1.29, 1.82) is 0 Å². The van der Waals surface area contributed by atoms with Gasteiger partial charge in [-0.25, -0.2) is 0 Å². The standard InChI is InChI=1S/C14H21NO2/c1-2-9-17-13-6-4-3-5-12(13)14(15)7-10-16-11-8-14/h3-6H,2,7-11,15H2,1H3. The molecule has 0 saturated carbocycles. The van der Waals surface area contributed by atoms with Gasteiger partial charge in [0.2, 0.25) is 0 Å². The molecule has 1 heterocycles. The van der Waals surface area contributed by atoms with Crippen LogP contribution in [0.4, 0.5) is 0 Å². The average molecular weight is 235 g/mol. The molecule has 1 aromatic rings. The van der Waals surface area contributed by atoms with Crippen LogP contribution in [0.3, 0.4) is 0 Å². The van der Waals surface area contributed by atoms with Crippen molar-refractivity contribution >= 4 is 0 Å². The minimum atomic E-state index is -0.289. The third kappa shape index (κ3) is 2.79. The summed E-state index contributed by atoms with van der Waals surface area (Å²) in [6.07, 6.45) is 2.73. The molecule has 1 aliphatic heterocycles. The Hall–Kier alpha value is -1.06. The van der Waals surface area contributed by atoms with Crippen LogP contribution in [0.15, 0.2) is 24.3 Å². The lowest BCUT2D eigenvalue weighted by Crippen LogP contribution is -2.42. The lowest BCUT2D eigenvalue weighted by molar-refractivity contribution is 0.0512. The molecule has 1 fully saturated rings. The van der Waals surface area contributed by atoms with Crippen LogP contribution in [-0.2, 0) is 10.3 Å². The van der Waals surface area contributed by atoms with Crippen LogP contribution in [0.5, 0.6) is 5.75 Å². The molecule has 0 amide bonds. The van der Waals surface area contributed by atoms with Crippen LogP contribution in [0, 0.1) is 0 Å². The highest BCUT2D eigenvalue weighted by atomic mass is 16.5. The number of para-hydroxylation sites is 1. The zero-order chi connectivity index (χ0) is 12.1. The van der Waals surface area contributed by atoms with E-state index in [0.717, 1.165) is 50.4 Å². The fourth-order valence-corrected chi connectivity index (χ4v) is 2.22. The first kappa shape index (κ1) is 12.4. The van der Waals surface area contributed by atoms with Crippen molar-refractivity contribution in [2.24, 2.45) is 5.73 Å². The Morgan fingerprint density at radius 3 is 2.71 bits per heavy atom. The SMILES string of the molecule is CCCOc1ccccc1C1(N)CCOCC1. The summed E-state index contributed by atoms with van der Waals surface area (Å²) in [6.45, 7) is 4.32. The lowest BCUT2D eigenvalue weighted by atomic mass is 9.83. The highest BCUT2D eigenvalue weighted by Crippen LogP contribution is 2.35. The van der Waals surface area contributed by atoms with Crippen molar-refractivity contribution in [3.8, 4) is 5.75 Å². The Balaban J connectivity index is 2.23. The van der Waals surface area contributed by atoms with Crippen molar-refractivity contribution in [3.05, 3.63) is 29.8 Å². The fraction of sp³-hybridized carbons (Fsp3) is 0.571. The summed E-state index contributed by atoms with van der Waals surface area (Å²) >= 11 is 0. The van der Waals surface area contributed by atoms with Crippen LogP contribution in [0.2, 0.25) is 0 Å². The Bertz CT molecular complexity index is 359. The normalized spacial score (nSPS) is 18.9. The van der Waals surface area contributed by atoms with Gasteiger partial charge in [0.25, 0.3) is 0 Å². The van der Waals surface area contributed by atoms with Gasteiger partial charge in [-0.05, 0) is 25.3 Å². The van der Waals surface area contributed by atoms with Gasteiger partial charge in [0, 0.05) is 24.3 Å². The van der Waals surface area contributed by atoms with Gasteiger partial charge < -0.3 is 15.2 Å². The molecule has 17 heavy (non-hydrogen) atoms. The van der Waals surface area contributed by atoms with Gasteiger partial charge in [-0.3, -0.25) is 0 Å². The zero-order valence-electron chi connectivity index (χ0n) is 10.4. The first-order chi connectivity index (χ1) is 8.26. The number of rotatable bonds is 4. The van der Waals surface area contributed by atoms with E-state index < -0.39 is 0 Å². The summed E-state index contributed by atoms with van der Waals surface area (Å²) in [7, 11) is 0. The monoisotopic (exact) mass is 235 g/mol. The summed E-state index contributed by atoms with van der Waals surface area (Å²) in [6, 6.07) is 8.11. The van der Waals surface area contributed by atoms with Crippen LogP contribution in [0.1, 0.15) is 31.7 Å². The topological polar surface area (TPSA) is 44.5 Å². The van der Waals surface area contributed by atoms with Gasteiger partial charge >= 0.3 is 0 Å². The Morgan fingerprint density at radius 2 is 2.00 bits per heavy atom. The van der Waals surface area contributed by atoms with E-state index in [-0.39, 0.29) is 5.54 Å².